The highest BCUT2D eigenvalue weighted by atomic mass is 35.5. The van der Waals surface area contributed by atoms with E-state index in [9.17, 15) is 4.79 Å². The van der Waals surface area contributed by atoms with Crippen LogP contribution in [-0.2, 0) is 4.79 Å². The van der Waals surface area contributed by atoms with Crippen molar-refractivity contribution in [1.29, 1.82) is 0 Å². The maximum Gasteiger partial charge on any atom is 0.229 e. The summed E-state index contributed by atoms with van der Waals surface area (Å²) < 4.78 is 5.54. The molecule has 0 bridgehead atoms. The summed E-state index contributed by atoms with van der Waals surface area (Å²) in [5.41, 5.74) is -0.579. The SMILES string of the molecule is CN(CCOc1cc(Cl)ccc1Cl)C(=O)C(C)(C)CCl. The number of carbonyl (C=O) groups excluding carboxylic acids is 1. The summed E-state index contributed by atoms with van der Waals surface area (Å²) in [5.74, 6) is 0.766. The molecule has 0 radical (unpaired) electrons. The highest BCUT2D eigenvalue weighted by molar-refractivity contribution is 6.34. The molecule has 0 unspecified atom stereocenters. The van der Waals surface area contributed by atoms with E-state index in [1.165, 1.54) is 0 Å². The van der Waals surface area contributed by atoms with Gasteiger partial charge in [0.2, 0.25) is 5.91 Å². The van der Waals surface area contributed by atoms with E-state index in [2.05, 4.69) is 0 Å². The molecule has 0 spiro atoms. The Hall–Kier alpha value is -0.640. The number of hydrogen-bond donors (Lipinski definition) is 0. The van der Waals surface area contributed by atoms with Crippen LogP contribution in [0, 0.1) is 5.41 Å². The van der Waals surface area contributed by atoms with Gasteiger partial charge < -0.3 is 9.64 Å². The second-order valence-corrected chi connectivity index (χ2v) is 6.28. The Morgan fingerprint density at radius 1 is 1.35 bits per heavy atom. The average Bonchev–Trinajstić information content (AvgIpc) is 2.41. The Morgan fingerprint density at radius 2 is 2.00 bits per heavy atom. The lowest BCUT2D eigenvalue weighted by Crippen LogP contribution is -2.41. The summed E-state index contributed by atoms with van der Waals surface area (Å²) in [5, 5.41) is 1.04. The summed E-state index contributed by atoms with van der Waals surface area (Å²) in [6, 6.07) is 5.01. The third-order valence-electron chi connectivity index (χ3n) is 2.84. The van der Waals surface area contributed by atoms with Gasteiger partial charge in [0.25, 0.3) is 0 Å². The first-order valence-electron chi connectivity index (χ1n) is 6.17. The lowest BCUT2D eigenvalue weighted by Gasteiger charge is -2.27. The predicted octanol–water partition coefficient (Wildman–Crippen LogP) is 4.10. The minimum atomic E-state index is -0.579. The Balaban J connectivity index is 2.52. The number of halogens is 3. The zero-order valence-corrected chi connectivity index (χ0v) is 14.0. The second-order valence-electron chi connectivity index (χ2n) is 5.17. The van der Waals surface area contributed by atoms with Crippen LogP contribution in [0.25, 0.3) is 0 Å². The summed E-state index contributed by atoms with van der Waals surface area (Å²) in [4.78, 5) is 13.7. The fourth-order valence-electron chi connectivity index (χ4n) is 1.56. The van der Waals surface area contributed by atoms with Crippen molar-refractivity contribution in [2.45, 2.75) is 13.8 Å². The largest absolute Gasteiger partial charge is 0.490 e. The normalized spacial score (nSPS) is 11.3. The van der Waals surface area contributed by atoms with Gasteiger partial charge in [0, 0.05) is 24.0 Å². The van der Waals surface area contributed by atoms with Crippen LogP contribution in [0.4, 0.5) is 0 Å². The molecular formula is C14H18Cl3NO2. The van der Waals surface area contributed by atoms with E-state index in [0.29, 0.717) is 28.9 Å². The number of amides is 1. The predicted molar refractivity (Wildman–Crippen MR) is 84.1 cm³/mol. The van der Waals surface area contributed by atoms with Crippen LogP contribution >= 0.6 is 34.8 Å². The number of alkyl halides is 1. The van der Waals surface area contributed by atoms with E-state index < -0.39 is 5.41 Å². The van der Waals surface area contributed by atoms with Crippen LogP contribution in [0.5, 0.6) is 5.75 Å². The van der Waals surface area contributed by atoms with Gasteiger partial charge in [-0.1, -0.05) is 23.2 Å². The van der Waals surface area contributed by atoms with Gasteiger partial charge in [-0.05, 0) is 26.0 Å². The number of ether oxygens (including phenoxy) is 1. The number of carbonyl (C=O) groups is 1. The Kier molecular flexibility index (Phi) is 6.44. The Labute approximate surface area is 134 Å². The Morgan fingerprint density at radius 3 is 2.60 bits per heavy atom. The highest BCUT2D eigenvalue weighted by Crippen LogP contribution is 2.27. The lowest BCUT2D eigenvalue weighted by molar-refractivity contribution is -0.138. The minimum absolute atomic E-state index is 0.0201. The molecule has 1 aromatic rings. The third kappa shape index (κ3) is 4.72. The van der Waals surface area contributed by atoms with Gasteiger partial charge in [0.1, 0.15) is 12.4 Å². The molecule has 0 aromatic heterocycles. The molecule has 0 aliphatic rings. The topological polar surface area (TPSA) is 29.5 Å². The van der Waals surface area contributed by atoms with Crippen LogP contribution in [0.3, 0.4) is 0 Å². The molecular weight excluding hydrogens is 321 g/mol. The molecule has 0 saturated carbocycles. The number of nitrogens with zero attached hydrogens (tertiary/aromatic N) is 1. The van der Waals surface area contributed by atoms with Gasteiger partial charge in [-0.15, -0.1) is 11.6 Å². The van der Waals surface area contributed by atoms with E-state index in [-0.39, 0.29) is 11.8 Å². The molecule has 0 N–H and O–H groups in total. The standard InChI is InChI=1S/C14H18Cl3NO2/c1-14(2,9-15)13(19)18(3)6-7-20-12-8-10(16)4-5-11(12)17/h4-5,8H,6-7,9H2,1-3H3. The number of benzene rings is 1. The number of rotatable bonds is 6. The second kappa shape index (κ2) is 7.39. The van der Waals surface area contributed by atoms with Crippen LogP contribution in [0.15, 0.2) is 18.2 Å². The number of hydrogen-bond acceptors (Lipinski definition) is 2. The molecule has 1 aromatic carbocycles. The van der Waals surface area contributed by atoms with Gasteiger partial charge in [0.05, 0.1) is 17.0 Å². The first-order chi connectivity index (χ1) is 9.27. The third-order valence-corrected chi connectivity index (χ3v) is 4.05. The van der Waals surface area contributed by atoms with Crippen molar-refractivity contribution in [3.8, 4) is 5.75 Å². The van der Waals surface area contributed by atoms with Gasteiger partial charge in [0.15, 0.2) is 0 Å². The van der Waals surface area contributed by atoms with E-state index in [4.69, 9.17) is 39.5 Å². The van der Waals surface area contributed by atoms with E-state index in [0.717, 1.165) is 0 Å². The fraction of sp³-hybridized carbons (Fsp3) is 0.500. The van der Waals surface area contributed by atoms with Crippen molar-refractivity contribution in [3.63, 3.8) is 0 Å². The van der Waals surface area contributed by atoms with Crippen molar-refractivity contribution in [3.05, 3.63) is 28.2 Å². The van der Waals surface area contributed by atoms with Gasteiger partial charge in [-0.25, -0.2) is 0 Å². The van der Waals surface area contributed by atoms with E-state index in [1.807, 2.05) is 13.8 Å². The summed E-state index contributed by atoms with van der Waals surface area (Å²) in [6.07, 6.45) is 0. The first-order valence-corrected chi connectivity index (χ1v) is 7.46. The average molecular weight is 339 g/mol. The zero-order valence-electron chi connectivity index (χ0n) is 11.8. The molecule has 1 rings (SSSR count). The minimum Gasteiger partial charge on any atom is -0.490 e. The van der Waals surface area contributed by atoms with Gasteiger partial charge in [-0.2, -0.15) is 0 Å². The van der Waals surface area contributed by atoms with Crippen molar-refractivity contribution in [1.82, 2.24) is 4.90 Å². The van der Waals surface area contributed by atoms with Crippen molar-refractivity contribution >= 4 is 40.7 Å². The molecule has 0 saturated heterocycles. The summed E-state index contributed by atoms with van der Waals surface area (Å²) >= 11 is 17.6. The quantitative estimate of drug-likeness (QED) is 0.731. The number of likely N-dealkylation sites (N-methyl/N-ethyl adjacent to an activating group) is 1. The molecule has 1 amide bonds. The smallest absolute Gasteiger partial charge is 0.229 e. The monoisotopic (exact) mass is 337 g/mol. The molecule has 0 fully saturated rings. The zero-order chi connectivity index (χ0) is 15.3. The van der Waals surface area contributed by atoms with E-state index in [1.54, 1.807) is 30.1 Å². The lowest BCUT2D eigenvalue weighted by atomic mass is 9.94. The van der Waals surface area contributed by atoms with Gasteiger partial charge in [-0.3, -0.25) is 4.79 Å². The van der Waals surface area contributed by atoms with Crippen LogP contribution in [0.2, 0.25) is 10.0 Å². The van der Waals surface area contributed by atoms with E-state index >= 15 is 0 Å². The molecule has 6 heteroatoms. The summed E-state index contributed by atoms with van der Waals surface area (Å²) in [7, 11) is 1.72. The maximum absolute atomic E-state index is 12.1. The van der Waals surface area contributed by atoms with Crippen LogP contribution in [-0.4, -0.2) is 36.9 Å². The first kappa shape index (κ1) is 17.4. The molecule has 112 valence electrons. The molecule has 0 heterocycles. The fourth-order valence-corrected chi connectivity index (χ4v) is 2.00. The molecule has 0 aliphatic carbocycles. The van der Waals surface area contributed by atoms with Crippen LogP contribution < -0.4 is 4.74 Å². The summed E-state index contributed by atoms with van der Waals surface area (Å²) in [6.45, 7) is 4.41. The maximum atomic E-state index is 12.1. The molecule has 20 heavy (non-hydrogen) atoms. The van der Waals surface area contributed by atoms with Crippen molar-refractivity contribution in [2.75, 3.05) is 26.1 Å². The molecule has 0 atom stereocenters. The van der Waals surface area contributed by atoms with Crippen molar-refractivity contribution < 1.29 is 9.53 Å². The van der Waals surface area contributed by atoms with Gasteiger partial charge >= 0.3 is 0 Å². The molecule has 3 nitrogen and oxygen atoms in total. The highest BCUT2D eigenvalue weighted by Gasteiger charge is 2.29. The Bertz CT molecular complexity index is 477. The molecule has 0 aliphatic heterocycles. The van der Waals surface area contributed by atoms with Crippen LogP contribution in [0.1, 0.15) is 13.8 Å². The van der Waals surface area contributed by atoms with Crippen molar-refractivity contribution in [2.24, 2.45) is 5.41 Å².